The van der Waals surface area contributed by atoms with Gasteiger partial charge in [0.2, 0.25) is 11.8 Å². The molecule has 0 aliphatic carbocycles. The lowest BCUT2D eigenvalue weighted by Crippen LogP contribution is -2.47. The first-order chi connectivity index (χ1) is 35.4. The third kappa shape index (κ3) is 13.2. The van der Waals surface area contributed by atoms with Gasteiger partial charge in [-0.05, 0) is 101 Å². The smallest absolute Gasteiger partial charge is 0.407 e. The van der Waals surface area contributed by atoms with Crippen LogP contribution in [0, 0.1) is 6.92 Å². The summed E-state index contributed by atoms with van der Waals surface area (Å²) in [6, 6.07) is 5.90. The number of ether oxygens (including phenoxy) is 5. The average Bonchev–Trinajstić information content (AvgIpc) is 4.04. The van der Waals surface area contributed by atoms with Gasteiger partial charge >= 0.3 is 6.09 Å². The highest BCUT2D eigenvalue weighted by Gasteiger charge is 2.41. The number of hydrogen-bond donors (Lipinski definition) is 4. The molecule has 7 heterocycles. The van der Waals surface area contributed by atoms with Gasteiger partial charge in [0.15, 0.2) is 0 Å². The number of allylic oxidation sites excluding steroid dienone is 5. The third-order valence-corrected chi connectivity index (χ3v) is 14.1. The van der Waals surface area contributed by atoms with Crippen molar-refractivity contribution in [1.29, 1.82) is 0 Å². The Kier molecular flexibility index (Phi) is 18.6. The highest BCUT2D eigenvalue weighted by Crippen LogP contribution is 2.45. The minimum atomic E-state index is -0.659. The SMILES string of the molecule is CCC1=C(C)c2cc3nc(cc4[nH]c(c5c6[nH]c(cc1n2)c(C)c6C(=O)N(CCN1CCOCC1)C5=O)[C@@H](CCC(=O)N(C)CCNC(=O)OC(C)(C)C)[C@@H]4C)C(C)=C3/C=C/C(=O)NCCOCCOCCOC. The number of nitrogens with one attached hydrogen (secondary N) is 4. The summed E-state index contributed by atoms with van der Waals surface area (Å²) < 4.78 is 27.0. The van der Waals surface area contributed by atoms with Crippen molar-refractivity contribution in [3.05, 3.63) is 81.2 Å². The Balaban J connectivity index is 1.30. The van der Waals surface area contributed by atoms with Crippen LogP contribution in [0.2, 0.25) is 0 Å². The number of morpholine rings is 1. The maximum absolute atomic E-state index is 15.3. The van der Waals surface area contributed by atoms with E-state index in [-0.39, 0.29) is 55.6 Å². The Morgan fingerprint density at radius 1 is 0.865 bits per heavy atom. The number of amides is 5. The Morgan fingerprint density at radius 2 is 1.55 bits per heavy atom. The Morgan fingerprint density at radius 3 is 2.27 bits per heavy atom. The first kappa shape index (κ1) is 55.5. The van der Waals surface area contributed by atoms with Crippen molar-refractivity contribution in [3.63, 3.8) is 0 Å². The lowest BCUT2D eigenvalue weighted by Gasteiger charge is -2.31. The molecule has 400 valence electrons. The van der Waals surface area contributed by atoms with Gasteiger partial charge in [0.05, 0.1) is 85.7 Å². The zero-order chi connectivity index (χ0) is 53.3. The monoisotopic (exact) mass is 1020 g/mol. The fourth-order valence-electron chi connectivity index (χ4n) is 9.81. The fraction of sp³-hybridized carbons (Fsp3) is 0.545. The summed E-state index contributed by atoms with van der Waals surface area (Å²) in [5.74, 6) is -1.85. The number of carbonyl (C=O) groups is 5. The van der Waals surface area contributed by atoms with E-state index in [1.165, 1.54) is 11.0 Å². The number of imide groups is 1. The standard InChI is InChI=1S/C55H75N9O10/c1-11-37-33(2)41-31-45-38(12-14-46(65)56-17-23-71-28-29-73-27-26-70-10)34(3)40(59-45)30-42-35(4)39(13-15-47(66)62(9)18-16-57-54(69)74-55(6,7)8)50(60-42)49-51-48(36(5)43(61-51)32-44(37)58-41)52(67)64(53(49)68)20-19-63-21-24-72-25-22-63/h12,14,30-32,35,39,60-61H,11,13,15-29H2,1-10H3,(H,56,65)(H,57,69)/b14-12+,42-30?,44-32?,45-31?,50-49?/t35-,39-/m0/s1. The summed E-state index contributed by atoms with van der Waals surface area (Å²) in [5.41, 5.74) is 9.57. The zero-order valence-corrected chi connectivity index (χ0v) is 44.9. The van der Waals surface area contributed by atoms with Crippen LogP contribution in [-0.4, -0.2) is 176 Å². The number of rotatable bonds is 21. The van der Waals surface area contributed by atoms with E-state index in [0.29, 0.717) is 130 Å². The number of hydrogen-bond acceptors (Lipinski definition) is 13. The Hall–Kier alpha value is -6.25. The highest BCUT2D eigenvalue weighted by molar-refractivity contribution is 6.23. The number of methoxy groups -OCH3 is 1. The molecule has 0 aromatic carbocycles. The predicted molar refractivity (Wildman–Crippen MR) is 283 cm³/mol. The fourth-order valence-corrected chi connectivity index (χ4v) is 9.81. The third-order valence-electron chi connectivity index (χ3n) is 14.1. The quantitative estimate of drug-likeness (QED) is 0.0593. The summed E-state index contributed by atoms with van der Waals surface area (Å²) >= 11 is 0. The van der Waals surface area contributed by atoms with Crippen molar-refractivity contribution in [2.45, 2.75) is 92.1 Å². The van der Waals surface area contributed by atoms with Crippen molar-refractivity contribution < 1.29 is 47.7 Å². The molecule has 4 N–H and O–H groups in total. The van der Waals surface area contributed by atoms with Gasteiger partial charge in [0, 0.05) is 107 Å². The Bertz CT molecular complexity index is 2760. The molecule has 0 saturated carbocycles. The van der Waals surface area contributed by atoms with Crippen molar-refractivity contribution in [2.24, 2.45) is 0 Å². The van der Waals surface area contributed by atoms with E-state index >= 15 is 4.79 Å². The molecule has 0 spiro atoms. The van der Waals surface area contributed by atoms with Crippen LogP contribution in [0.5, 0.6) is 0 Å². The van der Waals surface area contributed by atoms with Crippen molar-refractivity contribution in [1.82, 2.24) is 45.3 Å². The molecule has 0 unspecified atom stereocenters. The minimum Gasteiger partial charge on any atom is -0.444 e. The van der Waals surface area contributed by atoms with Crippen LogP contribution in [0.15, 0.2) is 30.4 Å². The molecule has 2 atom stereocenters. The molecule has 5 aliphatic rings. The first-order valence-electron chi connectivity index (χ1n) is 25.9. The number of likely N-dealkylation sites (N-methyl/N-ethyl adjacent to an activating group) is 1. The molecule has 19 heteroatoms. The van der Waals surface area contributed by atoms with Crippen molar-refractivity contribution in [3.8, 4) is 0 Å². The lowest BCUT2D eigenvalue weighted by atomic mass is 9.84. The average molecular weight is 1020 g/mol. The van der Waals surface area contributed by atoms with Crippen LogP contribution in [0.3, 0.4) is 0 Å². The van der Waals surface area contributed by atoms with E-state index in [2.05, 4.69) is 39.3 Å². The number of fused-ring (bicyclic) bond motifs is 8. The lowest BCUT2D eigenvalue weighted by molar-refractivity contribution is -0.130. The van der Waals surface area contributed by atoms with E-state index < -0.39 is 17.6 Å². The van der Waals surface area contributed by atoms with Gasteiger partial charge in [0.25, 0.3) is 11.8 Å². The molecular weight excluding hydrogens is 947 g/mol. The molecule has 2 aromatic heterocycles. The summed E-state index contributed by atoms with van der Waals surface area (Å²) in [5, 5.41) is 5.62. The van der Waals surface area contributed by atoms with E-state index in [0.717, 1.165) is 39.4 Å². The van der Waals surface area contributed by atoms with Gasteiger partial charge < -0.3 is 49.2 Å². The number of aromatic nitrogens is 4. The van der Waals surface area contributed by atoms with Crippen LogP contribution in [-0.2, 0) is 33.3 Å². The molecule has 0 radical (unpaired) electrons. The first-order valence-corrected chi connectivity index (χ1v) is 25.9. The second kappa shape index (κ2) is 24.9. The number of alkyl carbamates (subject to hydrolysis) is 1. The van der Waals surface area contributed by atoms with Crippen LogP contribution < -0.4 is 10.6 Å². The molecule has 1 saturated heterocycles. The number of aromatic amines is 2. The molecule has 5 amide bonds. The second-order valence-corrected chi connectivity index (χ2v) is 20.2. The summed E-state index contributed by atoms with van der Waals surface area (Å²) in [7, 11) is 3.32. The van der Waals surface area contributed by atoms with Crippen LogP contribution >= 0.6 is 0 Å². The van der Waals surface area contributed by atoms with E-state index in [1.807, 2.05) is 39.0 Å². The molecule has 8 bridgehead atoms. The normalized spacial score (nSPS) is 17.6. The minimum absolute atomic E-state index is 0.135. The molecule has 2 aromatic rings. The topological polar surface area (TPSA) is 223 Å². The molecule has 7 rings (SSSR count). The van der Waals surface area contributed by atoms with E-state index in [4.69, 9.17) is 33.7 Å². The maximum Gasteiger partial charge on any atom is 0.407 e. The molecule has 1 fully saturated rings. The predicted octanol–water partition coefficient (Wildman–Crippen LogP) is 6.55. The van der Waals surface area contributed by atoms with Crippen molar-refractivity contribution in [2.75, 3.05) is 106 Å². The van der Waals surface area contributed by atoms with Gasteiger partial charge in [0.1, 0.15) is 5.60 Å². The Labute approximate surface area is 434 Å². The summed E-state index contributed by atoms with van der Waals surface area (Å²) in [4.78, 5) is 92.2. The number of carbonyl (C=O) groups excluding carboxylic acids is 5. The number of H-pyrrole nitrogens is 2. The highest BCUT2D eigenvalue weighted by atomic mass is 16.6. The zero-order valence-electron chi connectivity index (χ0n) is 44.9. The molecular formula is C55H75N9O10. The van der Waals surface area contributed by atoms with Gasteiger partial charge in [-0.1, -0.05) is 13.8 Å². The largest absolute Gasteiger partial charge is 0.444 e. The summed E-state index contributed by atoms with van der Waals surface area (Å²) in [6.45, 7) is 21.5. The molecule has 19 nitrogen and oxygen atoms in total. The van der Waals surface area contributed by atoms with Gasteiger partial charge in [-0.3, -0.25) is 29.0 Å². The molecule has 5 aliphatic heterocycles. The number of aryl methyl sites for hydroxylation is 1. The number of nitrogens with zero attached hydrogens (tertiary/aromatic N) is 5. The van der Waals surface area contributed by atoms with Crippen LogP contribution in [0.1, 0.15) is 140 Å². The maximum atomic E-state index is 15.3. The van der Waals surface area contributed by atoms with Crippen LogP contribution in [0.25, 0.3) is 33.3 Å². The second-order valence-electron chi connectivity index (χ2n) is 20.2. The van der Waals surface area contributed by atoms with E-state index in [9.17, 15) is 19.2 Å². The van der Waals surface area contributed by atoms with Gasteiger partial charge in [-0.25, -0.2) is 14.8 Å². The van der Waals surface area contributed by atoms with Gasteiger partial charge in [-0.15, -0.1) is 0 Å². The van der Waals surface area contributed by atoms with E-state index in [1.54, 1.807) is 45.9 Å². The van der Waals surface area contributed by atoms with Gasteiger partial charge in [-0.2, -0.15) is 0 Å². The molecule has 74 heavy (non-hydrogen) atoms. The van der Waals surface area contributed by atoms with Crippen LogP contribution in [0.4, 0.5) is 4.79 Å². The summed E-state index contributed by atoms with van der Waals surface area (Å²) in [6.07, 6.45) is 3.89. The van der Waals surface area contributed by atoms with Crippen molar-refractivity contribution >= 4 is 63.0 Å².